The number of aliphatic hydroxyl groups is 1. The van der Waals surface area contributed by atoms with E-state index >= 15 is 0 Å². The number of hydrogen-bond acceptors (Lipinski definition) is 7. The fourth-order valence-corrected chi connectivity index (χ4v) is 3.18. The fraction of sp³-hybridized carbons (Fsp3) is 0.409. The molecule has 3 aromatic rings. The van der Waals surface area contributed by atoms with Crippen LogP contribution in [0, 0.1) is 5.92 Å². The summed E-state index contributed by atoms with van der Waals surface area (Å²) in [7, 11) is 9.75. The van der Waals surface area contributed by atoms with Crippen molar-refractivity contribution in [2.45, 2.75) is 26.4 Å². The molecule has 2 radical (unpaired) electrons. The number of anilines is 3. The Morgan fingerprint density at radius 1 is 1.25 bits per heavy atom. The summed E-state index contributed by atoms with van der Waals surface area (Å²) < 4.78 is 1.65. The molecule has 0 saturated carbocycles. The van der Waals surface area contributed by atoms with Gasteiger partial charge in [0, 0.05) is 24.5 Å². The first kappa shape index (κ1) is 23.6. The topological polar surface area (TPSA) is 107 Å². The lowest BCUT2D eigenvalue weighted by atomic mass is 10.0. The number of aliphatic hydroxyl groups excluding tert-OH is 1. The van der Waals surface area contributed by atoms with E-state index in [9.17, 15) is 9.90 Å². The first-order valence-electron chi connectivity index (χ1n) is 10.6. The number of likely N-dealkylation sites (N-methyl/N-ethyl adjacent to an activating group) is 1. The molecular weight excluding hydrogens is 405 g/mol. The smallest absolute Gasteiger partial charge is 0.238 e. The Morgan fingerprint density at radius 3 is 2.59 bits per heavy atom. The van der Waals surface area contributed by atoms with Crippen molar-refractivity contribution in [3.63, 3.8) is 0 Å². The molecule has 0 spiro atoms. The van der Waals surface area contributed by atoms with Gasteiger partial charge >= 0.3 is 0 Å². The summed E-state index contributed by atoms with van der Waals surface area (Å²) in [4.78, 5) is 18.3. The van der Waals surface area contributed by atoms with Crippen molar-refractivity contribution in [3.05, 3.63) is 42.1 Å². The van der Waals surface area contributed by atoms with E-state index in [4.69, 9.17) is 7.85 Å². The number of nitrogens with one attached hydrogen (secondary N) is 3. The van der Waals surface area contributed by atoms with Crippen molar-refractivity contribution in [1.29, 1.82) is 0 Å². The zero-order valence-electron chi connectivity index (χ0n) is 19.0. The first-order chi connectivity index (χ1) is 15.3. The van der Waals surface area contributed by atoms with Gasteiger partial charge in [0.15, 0.2) is 5.65 Å². The lowest BCUT2D eigenvalue weighted by molar-refractivity contribution is -0.116. The van der Waals surface area contributed by atoms with Gasteiger partial charge in [-0.1, -0.05) is 26.0 Å². The molecule has 0 aliphatic rings. The third-order valence-corrected chi connectivity index (χ3v) is 5.00. The van der Waals surface area contributed by atoms with Crippen molar-refractivity contribution in [2.24, 2.45) is 5.92 Å². The fourth-order valence-electron chi connectivity index (χ4n) is 3.18. The van der Waals surface area contributed by atoms with E-state index in [2.05, 4.69) is 26.0 Å². The number of benzene rings is 1. The number of nitrogens with zero attached hydrogens (tertiary/aromatic N) is 4. The molecule has 0 bridgehead atoms. The molecule has 32 heavy (non-hydrogen) atoms. The van der Waals surface area contributed by atoms with Gasteiger partial charge in [-0.3, -0.25) is 4.79 Å². The van der Waals surface area contributed by atoms with Gasteiger partial charge in [-0.15, -0.1) is 0 Å². The predicted molar refractivity (Wildman–Crippen MR) is 129 cm³/mol. The van der Waals surface area contributed by atoms with Crippen molar-refractivity contribution < 1.29 is 9.90 Å². The normalized spacial score (nSPS) is 12.3. The monoisotopic (exact) mass is 435 g/mol. The van der Waals surface area contributed by atoms with E-state index in [-0.39, 0.29) is 24.5 Å². The molecule has 3 rings (SSSR count). The molecule has 0 saturated heterocycles. The van der Waals surface area contributed by atoms with Gasteiger partial charge in [0.1, 0.15) is 19.5 Å². The summed E-state index contributed by atoms with van der Waals surface area (Å²) in [6, 6.07) is 9.37. The zero-order chi connectivity index (χ0) is 23.3. The summed E-state index contributed by atoms with van der Waals surface area (Å²) in [5, 5.41) is 23.5. The van der Waals surface area contributed by atoms with Gasteiger partial charge < -0.3 is 26.0 Å². The number of carbonyl (C=O) groups is 1. The van der Waals surface area contributed by atoms with Crippen LogP contribution in [-0.2, 0) is 11.3 Å². The molecule has 4 N–H and O–H groups in total. The predicted octanol–water partition coefficient (Wildman–Crippen LogP) is 1.06. The Bertz CT molecular complexity index is 1050. The minimum absolute atomic E-state index is 0.000533. The van der Waals surface area contributed by atoms with Crippen LogP contribution in [0.1, 0.15) is 19.4 Å². The molecule has 0 unspecified atom stereocenters. The maximum Gasteiger partial charge on any atom is 0.238 e. The number of hydrogen-bond donors (Lipinski definition) is 4. The largest absolute Gasteiger partial charge is 0.394 e. The van der Waals surface area contributed by atoms with Gasteiger partial charge in [-0.25, -0.2) is 4.98 Å². The Hall–Kier alpha value is -3.11. The van der Waals surface area contributed by atoms with E-state index in [0.29, 0.717) is 30.0 Å². The van der Waals surface area contributed by atoms with Gasteiger partial charge in [0.25, 0.3) is 0 Å². The van der Waals surface area contributed by atoms with Crippen LogP contribution in [-0.4, -0.2) is 71.6 Å². The molecule has 1 atom stereocenters. The average molecular weight is 435 g/mol. The third kappa shape index (κ3) is 5.98. The molecule has 2 aromatic heterocycles. The summed E-state index contributed by atoms with van der Waals surface area (Å²) in [6.45, 7) is 4.94. The second-order valence-corrected chi connectivity index (χ2v) is 8.38. The highest BCUT2D eigenvalue weighted by Crippen LogP contribution is 2.19. The van der Waals surface area contributed by atoms with E-state index in [0.717, 1.165) is 17.1 Å². The zero-order valence-corrected chi connectivity index (χ0v) is 19.0. The average Bonchev–Trinajstić information content (AvgIpc) is 3.11. The maximum atomic E-state index is 11.9. The summed E-state index contributed by atoms with van der Waals surface area (Å²) in [5.74, 6) is 1.50. The van der Waals surface area contributed by atoms with Crippen LogP contribution in [0.25, 0.3) is 5.65 Å². The minimum Gasteiger partial charge on any atom is -0.394 e. The summed E-state index contributed by atoms with van der Waals surface area (Å²) >= 11 is 0. The van der Waals surface area contributed by atoms with Crippen molar-refractivity contribution in [3.8, 4) is 0 Å². The lowest BCUT2D eigenvalue weighted by Gasteiger charge is -2.21. The molecule has 0 fully saturated rings. The summed E-state index contributed by atoms with van der Waals surface area (Å²) in [5.41, 5.74) is 2.80. The highest BCUT2D eigenvalue weighted by Gasteiger charge is 2.15. The second kappa shape index (κ2) is 10.5. The molecule has 168 valence electrons. The number of fused-ring (bicyclic) bond motifs is 1. The van der Waals surface area contributed by atoms with Crippen molar-refractivity contribution in [2.75, 3.05) is 43.2 Å². The number of amides is 1. The Labute approximate surface area is 189 Å². The SMILES string of the molecule is [B]c1cnn2c(NCc3ccc(NC(=O)CN(C)C)cc3)cc(N[C@@H](CO)C(C)C)nc12. The Balaban J connectivity index is 1.73. The summed E-state index contributed by atoms with van der Waals surface area (Å²) in [6.07, 6.45) is 1.56. The van der Waals surface area contributed by atoms with Crippen LogP contribution in [0.4, 0.5) is 17.3 Å². The van der Waals surface area contributed by atoms with Crippen LogP contribution in [0.3, 0.4) is 0 Å². The lowest BCUT2D eigenvalue weighted by Crippen LogP contribution is -2.30. The molecule has 9 nitrogen and oxygen atoms in total. The van der Waals surface area contributed by atoms with Gasteiger partial charge in [0.05, 0.1) is 19.2 Å². The van der Waals surface area contributed by atoms with E-state index < -0.39 is 0 Å². The quantitative estimate of drug-likeness (QED) is 0.353. The molecule has 10 heteroatoms. The molecule has 1 aromatic carbocycles. The first-order valence-corrected chi connectivity index (χ1v) is 10.6. The Kier molecular flexibility index (Phi) is 7.71. The maximum absolute atomic E-state index is 11.9. The second-order valence-electron chi connectivity index (χ2n) is 8.38. The van der Waals surface area contributed by atoms with Crippen LogP contribution in [0.2, 0.25) is 0 Å². The van der Waals surface area contributed by atoms with Crippen LogP contribution in [0.5, 0.6) is 0 Å². The van der Waals surface area contributed by atoms with Crippen molar-refractivity contribution in [1.82, 2.24) is 19.5 Å². The van der Waals surface area contributed by atoms with E-state index in [1.54, 1.807) is 10.7 Å². The number of aromatic nitrogens is 3. The van der Waals surface area contributed by atoms with Crippen LogP contribution < -0.4 is 21.4 Å². The van der Waals surface area contributed by atoms with E-state index in [1.165, 1.54) is 0 Å². The standard InChI is InChI=1S/C22H30BN7O2/c1-14(2)18(13-31)27-19-9-20(30-22(28-19)17(23)11-25-30)24-10-15-5-7-16(8-6-15)26-21(32)12-29(3)4/h5-9,11,14,18,24,31H,10,12-13H2,1-4H3,(H,26,32)(H,27,28)/t18-/m0/s1. The molecule has 1 amide bonds. The van der Waals surface area contributed by atoms with Gasteiger partial charge in [-0.2, -0.15) is 9.61 Å². The minimum atomic E-state index is -0.128. The number of rotatable bonds is 10. The highest BCUT2D eigenvalue weighted by atomic mass is 16.3. The van der Waals surface area contributed by atoms with Crippen molar-refractivity contribution >= 4 is 42.2 Å². The van der Waals surface area contributed by atoms with Crippen LogP contribution >= 0.6 is 0 Å². The molecule has 0 aliphatic carbocycles. The third-order valence-electron chi connectivity index (χ3n) is 5.00. The molecular formula is C22H30BN7O2. The highest BCUT2D eigenvalue weighted by molar-refractivity contribution is 6.36. The Morgan fingerprint density at radius 2 is 1.97 bits per heavy atom. The van der Waals surface area contributed by atoms with Crippen LogP contribution in [0.15, 0.2) is 36.5 Å². The molecule has 2 heterocycles. The van der Waals surface area contributed by atoms with Gasteiger partial charge in [-0.05, 0) is 43.2 Å². The van der Waals surface area contributed by atoms with Gasteiger partial charge in [0.2, 0.25) is 5.91 Å². The van der Waals surface area contributed by atoms with E-state index in [1.807, 2.05) is 63.2 Å². The molecule has 0 aliphatic heterocycles. The number of carbonyl (C=O) groups excluding carboxylic acids is 1.